The Morgan fingerprint density at radius 1 is 1.14 bits per heavy atom. The van der Waals surface area contributed by atoms with Crippen molar-refractivity contribution in [3.05, 3.63) is 39.1 Å². The van der Waals surface area contributed by atoms with Crippen molar-refractivity contribution in [2.75, 3.05) is 12.4 Å². The highest BCUT2D eigenvalue weighted by molar-refractivity contribution is 14.1. The van der Waals surface area contributed by atoms with Crippen molar-refractivity contribution >= 4 is 28.4 Å². The molecular formula is C15H16F2IN3. The number of halogens is 3. The zero-order valence-electron chi connectivity index (χ0n) is 12.0. The van der Waals surface area contributed by atoms with Gasteiger partial charge < -0.3 is 5.32 Å². The van der Waals surface area contributed by atoms with E-state index in [9.17, 15) is 8.78 Å². The average molecular weight is 403 g/mol. The summed E-state index contributed by atoms with van der Waals surface area (Å²) in [6, 6.07) is 3.32. The molecule has 6 heteroatoms. The van der Waals surface area contributed by atoms with Crippen LogP contribution in [-0.2, 0) is 6.42 Å². The number of hydrogen-bond acceptors (Lipinski definition) is 3. The predicted octanol–water partition coefficient (Wildman–Crippen LogP) is 4.27. The Bertz CT molecular complexity index is 639. The summed E-state index contributed by atoms with van der Waals surface area (Å²) in [4.78, 5) is 8.83. The van der Waals surface area contributed by atoms with Gasteiger partial charge in [0.25, 0.3) is 0 Å². The fourth-order valence-electron chi connectivity index (χ4n) is 1.99. The van der Waals surface area contributed by atoms with E-state index in [1.54, 1.807) is 7.05 Å². The van der Waals surface area contributed by atoms with E-state index in [1.165, 1.54) is 12.1 Å². The molecule has 0 aliphatic carbocycles. The smallest absolute Gasteiger partial charge is 0.162 e. The molecule has 2 aromatic rings. The largest absolute Gasteiger partial charge is 0.372 e. The van der Waals surface area contributed by atoms with Crippen LogP contribution in [0.3, 0.4) is 0 Å². The number of benzene rings is 1. The highest BCUT2D eigenvalue weighted by Gasteiger charge is 2.15. The van der Waals surface area contributed by atoms with Crippen molar-refractivity contribution in [3.63, 3.8) is 0 Å². The average Bonchev–Trinajstić information content (AvgIpc) is 2.39. The van der Waals surface area contributed by atoms with Crippen molar-refractivity contribution in [1.82, 2.24) is 9.97 Å². The minimum Gasteiger partial charge on any atom is -0.372 e. The molecule has 112 valence electrons. The van der Waals surface area contributed by atoms with Gasteiger partial charge in [0.15, 0.2) is 5.82 Å². The van der Waals surface area contributed by atoms with Crippen LogP contribution in [0.1, 0.15) is 19.5 Å². The first-order valence-corrected chi connectivity index (χ1v) is 7.69. The van der Waals surface area contributed by atoms with E-state index in [0.717, 1.165) is 21.8 Å². The summed E-state index contributed by atoms with van der Waals surface area (Å²) in [5.74, 6) is 0.150. The molecule has 0 saturated heterocycles. The lowest BCUT2D eigenvalue weighted by molar-refractivity contribution is 0.583. The van der Waals surface area contributed by atoms with Gasteiger partial charge in [0.05, 0.1) is 9.26 Å². The lowest BCUT2D eigenvalue weighted by Gasteiger charge is -2.13. The van der Waals surface area contributed by atoms with E-state index in [-0.39, 0.29) is 0 Å². The van der Waals surface area contributed by atoms with Gasteiger partial charge >= 0.3 is 0 Å². The number of nitrogens with zero attached hydrogens (tertiary/aromatic N) is 2. The Hall–Kier alpha value is -1.31. The number of hydrogen-bond donors (Lipinski definition) is 1. The topological polar surface area (TPSA) is 37.8 Å². The molecule has 0 atom stereocenters. The van der Waals surface area contributed by atoms with Crippen molar-refractivity contribution in [2.45, 2.75) is 20.3 Å². The highest BCUT2D eigenvalue weighted by atomic mass is 127. The zero-order valence-corrected chi connectivity index (χ0v) is 14.2. The van der Waals surface area contributed by atoms with Gasteiger partial charge in [-0.05, 0) is 47.1 Å². The molecule has 21 heavy (non-hydrogen) atoms. The van der Waals surface area contributed by atoms with Gasteiger partial charge in [-0.1, -0.05) is 13.8 Å². The maximum atomic E-state index is 13.4. The predicted molar refractivity (Wildman–Crippen MR) is 88.2 cm³/mol. The lowest BCUT2D eigenvalue weighted by atomic mass is 10.1. The Balaban J connectivity index is 2.57. The Labute approximate surface area is 136 Å². The minimum absolute atomic E-state index is 0.328. The SMILES string of the molecule is CNc1nc(-c2cc(F)cc(F)c2)nc(CC(C)C)c1I. The summed E-state index contributed by atoms with van der Waals surface area (Å²) in [7, 11) is 1.76. The highest BCUT2D eigenvalue weighted by Crippen LogP contribution is 2.26. The van der Waals surface area contributed by atoms with Gasteiger partial charge in [-0.15, -0.1) is 0 Å². The second-order valence-corrected chi connectivity index (χ2v) is 6.24. The molecule has 0 fully saturated rings. The second kappa shape index (κ2) is 6.64. The zero-order chi connectivity index (χ0) is 15.6. The molecule has 0 aliphatic rings. The van der Waals surface area contributed by atoms with E-state index in [2.05, 4.69) is 51.7 Å². The third-order valence-corrected chi connectivity index (χ3v) is 4.01. The molecule has 0 amide bonds. The summed E-state index contributed by atoms with van der Waals surface area (Å²) in [5.41, 5.74) is 1.22. The molecule has 0 saturated carbocycles. The van der Waals surface area contributed by atoms with Gasteiger partial charge in [-0.25, -0.2) is 18.7 Å². The molecule has 0 bridgehead atoms. The van der Waals surface area contributed by atoms with Crippen molar-refractivity contribution in [3.8, 4) is 11.4 Å². The summed E-state index contributed by atoms with van der Waals surface area (Å²) in [6.07, 6.45) is 0.778. The fourth-order valence-corrected chi connectivity index (χ4v) is 2.72. The van der Waals surface area contributed by atoms with Crippen LogP contribution in [0, 0.1) is 21.1 Å². The molecule has 2 rings (SSSR count). The summed E-state index contributed by atoms with van der Waals surface area (Å²) >= 11 is 2.19. The molecule has 0 aliphatic heterocycles. The van der Waals surface area contributed by atoms with Gasteiger partial charge in [0.2, 0.25) is 0 Å². The molecule has 0 unspecified atom stereocenters. The van der Waals surface area contributed by atoms with E-state index in [4.69, 9.17) is 0 Å². The Kier molecular flexibility index (Phi) is 5.08. The first kappa shape index (κ1) is 16.1. The van der Waals surface area contributed by atoms with Gasteiger partial charge in [-0.3, -0.25) is 0 Å². The van der Waals surface area contributed by atoms with Crippen LogP contribution < -0.4 is 5.32 Å². The maximum absolute atomic E-state index is 13.4. The maximum Gasteiger partial charge on any atom is 0.162 e. The van der Waals surface area contributed by atoms with E-state index < -0.39 is 11.6 Å². The second-order valence-electron chi connectivity index (χ2n) is 5.16. The van der Waals surface area contributed by atoms with Crippen LogP contribution in [0.2, 0.25) is 0 Å². The molecular weight excluding hydrogens is 387 g/mol. The first-order valence-electron chi connectivity index (χ1n) is 6.61. The molecule has 1 heterocycles. The number of aromatic nitrogens is 2. The molecule has 0 spiro atoms. The summed E-state index contributed by atoms with van der Waals surface area (Å²) < 4.78 is 27.7. The van der Waals surface area contributed by atoms with Gasteiger partial charge in [0.1, 0.15) is 17.5 Å². The van der Waals surface area contributed by atoms with Crippen LogP contribution in [0.5, 0.6) is 0 Å². The molecule has 1 N–H and O–H groups in total. The van der Waals surface area contributed by atoms with Crippen molar-refractivity contribution in [1.29, 1.82) is 0 Å². The lowest BCUT2D eigenvalue weighted by Crippen LogP contribution is -2.08. The van der Waals surface area contributed by atoms with E-state index in [1.807, 2.05) is 0 Å². The molecule has 1 aromatic carbocycles. The monoisotopic (exact) mass is 403 g/mol. The van der Waals surface area contributed by atoms with Crippen molar-refractivity contribution < 1.29 is 8.78 Å². The molecule has 0 radical (unpaired) electrons. The van der Waals surface area contributed by atoms with Crippen LogP contribution in [0.4, 0.5) is 14.6 Å². The quantitative estimate of drug-likeness (QED) is 0.776. The van der Waals surface area contributed by atoms with Crippen LogP contribution >= 0.6 is 22.6 Å². The third kappa shape index (κ3) is 3.87. The van der Waals surface area contributed by atoms with Gasteiger partial charge in [0, 0.05) is 18.7 Å². The molecule has 1 aromatic heterocycles. The third-order valence-electron chi connectivity index (χ3n) is 2.88. The van der Waals surface area contributed by atoms with Crippen molar-refractivity contribution in [2.24, 2.45) is 5.92 Å². The number of nitrogens with one attached hydrogen (secondary N) is 1. The summed E-state index contributed by atoms with van der Waals surface area (Å²) in [6.45, 7) is 4.19. The van der Waals surface area contributed by atoms with E-state index >= 15 is 0 Å². The normalized spacial score (nSPS) is 11.0. The molecule has 3 nitrogen and oxygen atoms in total. The Morgan fingerprint density at radius 3 is 2.29 bits per heavy atom. The number of anilines is 1. The Morgan fingerprint density at radius 2 is 1.76 bits per heavy atom. The van der Waals surface area contributed by atoms with E-state index in [0.29, 0.717) is 23.1 Å². The van der Waals surface area contributed by atoms with Gasteiger partial charge in [-0.2, -0.15) is 0 Å². The first-order chi connectivity index (χ1) is 9.90. The van der Waals surface area contributed by atoms with Crippen LogP contribution in [0.15, 0.2) is 18.2 Å². The standard InChI is InChI=1S/C15H16F2IN3/c1-8(2)4-12-13(18)15(19-3)21-14(20-12)9-5-10(16)7-11(17)6-9/h5-8H,4H2,1-3H3,(H,19,20,21). The fraction of sp³-hybridized carbons (Fsp3) is 0.333. The minimum atomic E-state index is -0.636. The number of rotatable bonds is 4. The van der Waals surface area contributed by atoms with Crippen LogP contribution in [0.25, 0.3) is 11.4 Å². The van der Waals surface area contributed by atoms with Crippen LogP contribution in [-0.4, -0.2) is 17.0 Å². The summed E-state index contributed by atoms with van der Waals surface area (Å²) in [5, 5.41) is 3.00.